The smallest absolute Gasteiger partial charge is 0.337 e. The topological polar surface area (TPSA) is 57.2 Å². The van der Waals surface area contributed by atoms with Gasteiger partial charge in [0.1, 0.15) is 12.4 Å². The van der Waals surface area contributed by atoms with Gasteiger partial charge in [-0.25, -0.2) is 4.79 Å². The predicted molar refractivity (Wildman–Crippen MR) is 184 cm³/mol. The molecule has 0 spiro atoms. The SMILES string of the molecule is CCCCCCCCCCCCCOCC(=O)OC1=C(CC2CCN(CC3=CCCC=C3)CC2)Cc2cc(OC)c(OC)cc21. The summed E-state index contributed by atoms with van der Waals surface area (Å²) in [7, 11) is 3.30. The summed E-state index contributed by atoms with van der Waals surface area (Å²) in [6.45, 7) is 6.13. The first-order chi connectivity index (χ1) is 22.1. The minimum Gasteiger partial charge on any atom is -0.493 e. The fourth-order valence-electron chi connectivity index (χ4n) is 6.98. The van der Waals surface area contributed by atoms with Crippen LogP contribution in [-0.4, -0.2) is 57.9 Å². The van der Waals surface area contributed by atoms with Crippen molar-refractivity contribution in [3.05, 3.63) is 52.6 Å². The van der Waals surface area contributed by atoms with Gasteiger partial charge < -0.3 is 18.9 Å². The van der Waals surface area contributed by atoms with Crippen molar-refractivity contribution in [1.82, 2.24) is 4.90 Å². The Morgan fingerprint density at radius 3 is 2.18 bits per heavy atom. The van der Waals surface area contributed by atoms with Crippen LogP contribution in [0.1, 0.15) is 121 Å². The molecule has 1 fully saturated rings. The Morgan fingerprint density at radius 1 is 0.867 bits per heavy atom. The van der Waals surface area contributed by atoms with Gasteiger partial charge in [-0.1, -0.05) is 89.4 Å². The van der Waals surface area contributed by atoms with Crippen LogP contribution < -0.4 is 9.47 Å². The summed E-state index contributed by atoms with van der Waals surface area (Å²) in [4.78, 5) is 15.6. The van der Waals surface area contributed by atoms with E-state index < -0.39 is 0 Å². The molecule has 6 heteroatoms. The number of allylic oxidation sites excluding steroid dienone is 3. The maximum absolute atomic E-state index is 13.0. The number of rotatable bonds is 21. The summed E-state index contributed by atoms with van der Waals surface area (Å²) < 4.78 is 23.0. The number of carbonyl (C=O) groups is 1. The van der Waals surface area contributed by atoms with E-state index in [1.165, 1.54) is 81.8 Å². The Kier molecular flexibility index (Phi) is 15.6. The number of nitrogens with zero attached hydrogens (tertiary/aromatic N) is 1. The molecule has 250 valence electrons. The number of piperidine rings is 1. The van der Waals surface area contributed by atoms with Gasteiger partial charge >= 0.3 is 5.97 Å². The number of ether oxygens (including phenoxy) is 4. The molecule has 0 aromatic heterocycles. The second kappa shape index (κ2) is 19.8. The van der Waals surface area contributed by atoms with Crippen molar-refractivity contribution in [3.8, 4) is 11.5 Å². The highest BCUT2D eigenvalue weighted by molar-refractivity contribution is 5.84. The van der Waals surface area contributed by atoms with Crippen LogP contribution in [0.3, 0.4) is 0 Å². The third kappa shape index (κ3) is 11.6. The lowest BCUT2D eigenvalue weighted by Crippen LogP contribution is -2.35. The van der Waals surface area contributed by atoms with Gasteiger partial charge in [-0.2, -0.15) is 0 Å². The van der Waals surface area contributed by atoms with Gasteiger partial charge in [0.25, 0.3) is 0 Å². The standard InChI is InChI=1S/C39H59NO5/c1-4-5-6-7-8-9-10-11-12-13-17-24-44-30-38(41)45-39-34(26-33-27-36(42-2)37(43-3)28-35(33)39)25-31-20-22-40(23-21-31)29-32-18-15-14-16-19-32/h15,18-19,27-28,31H,4-14,16-17,20-26,29-30H2,1-3H3. The Balaban J connectivity index is 1.23. The predicted octanol–water partition coefficient (Wildman–Crippen LogP) is 9.22. The van der Waals surface area contributed by atoms with E-state index in [-0.39, 0.29) is 12.6 Å². The zero-order valence-corrected chi connectivity index (χ0v) is 28.5. The lowest BCUT2D eigenvalue weighted by Gasteiger charge is -2.32. The fourth-order valence-corrected chi connectivity index (χ4v) is 6.98. The molecule has 1 saturated heterocycles. The number of hydrogen-bond donors (Lipinski definition) is 0. The average Bonchev–Trinajstić information content (AvgIpc) is 3.38. The highest BCUT2D eigenvalue weighted by Crippen LogP contribution is 2.43. The van der Waals surface area contributed by atoms with Crippen molar-refractivity contribution in [2.75, 3.05) is 47.1 Å². The Labute approximate surface area is 273 Å². The summed E-state index contributed by atoms with van der Waals surface area (Å²) in [5.41, 5.74) is 4.72. The molecule has 0 saturated carbocycles. The van der Waals surface area contributed by atoms with E-state index >= 15 is 0 Å². The van der Waals surface area contributed by atoms with Crippen LogP contribution in [0.2, 0.25) is 0 Å². The molecular weight excluding hydrogens is 562 g/mol. The van der Waals surface area contributed by atoms with Gasteiger partial charge in [0.05, 0.1) is 14.2 Å². The quantitative estimate of drug-likeness (QED) is 0.101. The minimum absolute atomic E-state index is 0.0140. The van der Waals surface area contributed by atoms with Gasteiger partial charge in [0.15, 0.2) is 11.5 Å². The minimum atomic E-state index is -0.322. The molecule has 1 heterocycles. The van der Waals surface area contributed by atoms with Crippen molar-refractivity contribution in [2.24, 2.45) is 5.92 Å². The molecule has 3 aliphatic rings. The van der Waals surface area contributed by atoms with E-state index in [2.05, 4.69) is 30.1 Å². The van der Waals surface area contributed by atoms with Crippen molar-refractivity contribution in [1.29, 1.82) is 0 Å². The molecule has 6 nitrogen and oxygen atoms in total. The number of unbranched alkanes of at least 4 members (excludes halogenated alkanes) is 10. The molecule has 2 aliphatic carbocycles. The first kappa shape index (κ1) is 35.3. The molecule has 1 aromatic carbocycles. The highest BCUT2D eigenvalue weighted by Gasteiger charge is 2.30. The number of esters is 1. The van der Waals surface area contributed by atoms with Gasteiger partial charge in [-0.05, 0) is 92.8 Å². The molecule has 1 aliphatic heterocycles. The highest BCUT2D eigenvalue weighted by atomic mass is 16.6. The van der Waals surface area contributed by atoms with E-state index in [1.54, 1.807) is 14.2 Å². The molecule has 4 rings (SSSR count). The summed E-state index contributed by atoms with van der Waals surface area (Å²) in [6.07, 6.45) is 27.6. The van der Waals surface area contributed by atoms with Crippen LogP contribution in [0.4, 0.5) is 0 Å². The fraction of sp³-hybridized carbons (Fsp3) is 0.667. The van der Waals surface area contributed by atoms with Crippen molar-refractivity contribution in [2.45, 2.75) is 116 Å². The number of benzene rings is 1. The molecule has 0 unspecified atom stereocenters. The maximum atomic E-state index is 13.0. The van der Waals surface area contributed by atoms with Gasteiger partial charge in [0.2, 0.25) is 0 Å². The van der Waals surface area contributed by atoms with E-state index in [4.69, 9.17) is 18.9 Å². The first-order valence-corrected chi connectivity index (χ1v) is 17.9. The molecule has 0 bridgehead atoms. The summed E-state index contributed by atoms with van der Waals surface area (Å²) in [6, 6.07) is 4.00. The third-order valence-corrected chi connectivity index (χ3v) is 9.63. The molecule has 0 N–H and O–H groups in total. The number of fused-ring (bicyclic) bond motifs is 1. The van der Waals surface area contributed by atoms with Crippen LogP contribution in [-0.2, 0) is 20.7 Å². The van der Waals surface area contributed by atoms with Gasteiger partial charge in [0, 0.05) is 18.7 Å². The van der Waals surface area contributed by atoms with Gasteiger partial charge in [-0.3, -0.25) is 4.90 Å². The molecular formula is C39H59NO5. The second-order valence-corrected chi connectivity index (χ2v) is 13.2. The monoisotopic (exact) mass is 621 g/mol. The van der Waals surface area contributed by atoms with E-state index in [0.29, 0.717) is 29.8 Å². The van der Waals surface area contributed by atoms with Crippen LogP contribution in [0, 0.1) is 5.92 Å². The molecule has 0 radical (unpaired) electrons. The van der Waals surface area contributed by atoms with Crippen molar-refractivity contribution in [3.63, 3.8) is 0 Å². The molecule has 0 atom stereocenters. The van der Waals surface area contributed by atoms with E-state index in [0.717, 1.165) is 69.3 Å². The number of methoxy groups -OCH3 is 2. The number of hydrogen-bond acceptors (Lipinski definition) is 6. The molecule has 45 heavy (non-hydrogen) atoms. The average molecular weight is 622 g/mol. The molecule has 0 amide bonds. The lowest BCUT2D eigenvalue weighted by atomic mass is 9.89. The normalized spacial score (nSPS) is 17.0. The van der Waals surface area contributed by atoms with Crippen molar-refractivity contribution < 1.29 is 23.7 Å². The lowest BCUT2D eigenvalue weighted by molar-refractivity contribution is -0.141. The number of likely N-dealkylation sites (tertiary alicyclic amines) is 1. The number of carbonyl (C=O) groups excluding carboxylic acids is 1. The largest absolute Gasteiger partial charge is 0.493 e. The Bertz CT molecular complexity index is 1140. The third-order valence-electron chi connectivity index (χ3n) is 9.63. The summed E-state index contributed by atoms with van der Waals surface area (Å²) >= 11 is 0. The summed E-state index contributed by atoms with van der Waals surface area (Å²) in [5.74, 6) is 2.32. The van der Waals surface area contributed by atoms with E-state index in [1.807, 2.05) is 12.1 Å². The van der Waals surface area contributed by atoms with Crippen molar-refractivity contribution >= 4 is 11.7 Å². The maximum Gasteiger partial charge on any atom is 0.337 e. The van der Waals surface area contributed by atoms with Crippen LogP contribution in [0.25, 0.3) is 5.76 Å². The zero-order valence-electron chi connectivity index (χ0n) is 28.5. The summed E-state index contributed by atoms with van der Waals surface area (Å²) in [5, 5.41) is 0. The van der Waals surface area contributed by atoms with Crippen LogP contribution in [0.15, 0.2) is 41.5 Å². The van der Waals surface area contributed by atoms with Crippen LogP contribution in [0.5, 0.6) is 11.5 Å². The Hall–Kier alpha value is -2.57. The Morgan fingerprint density at radius 2 is 1.53 bits per heavy atom. The zero-order chi connectivity index (χ0) is 31.7. The first-order valence-electron chi connectivity index (χ1n) is 17.9. The second-order valence-electron chi connectivity index (χ2n) is 13.2. The van der Waals surface area contributed by atoms with Crippen LogP contribution >= 0.6 is 0 Å². The van der Waals surface area contributed by atoms with E-state index in [9.17, 15) is 4.79 Å². The molecule has 1 aromatic rings. The van der Waals surface area contributed by atoms with Gasteiger partial charge in [-0.15, -0.1) is 0 Å².